The lowest BCUT2D eigenvalue weighted by atomic mass is 9.96. The number of amides is 1. The molecule has 2 rings (SSSR count). The van der Waals surface area contributed by atoms with Gasteiger partial charge in [0, 0.05) is 18.6 Å². The van der Waals surface area contributed by atoms with Gasteiger partial charge in [-0.25, -0.2) is 13.6 Å². The van der Waals surface area contributed by atoms with Crippen molar-refractivity contribution in [1.82, 2.24) is 4.57 Å². The third-order valence-corrected chi connectivity index (χ3v) is 5.44. The molecule has 1 heterocycles. The summed E-state index contributed by atoms with van der Waals surface area (Å²) < 4.78 is 31.1. The van der Waals surface area contributed by atoms with Crippen molar-refractivity contribution in [3.8, 4) is 0 Å². The summed E-state index contributed by atoms with van der Waals surface area (Å²) in [5.41, 5.74) is 0.192. The predicted molar refractivity (Wildman–Crippen MR) is 97.7 cm³/mol. The Morgan fingerprint density at radius 1 is 1.36 bits per heavy atom. The van der Waals surface area contributed by atoms with Crippen LogP contribution < -0.4 is 9.94 Å². The molecule has 0 unspecified atom stereocenters. The van der Waals surface area contributed by atoms with Gasteiger partial charge in [0.15, 0.2) is 4.80 Å². The normalized spacial score (nSPS) is 13.6. The summed E-state index contributed by atoms with van der Waals surface area (Å²) in [6.07, 6.45) is 0. The number of fused-ring (bicyclic) bond motifs is 1. The van der Waals surface area contributed by atoms with E-state index in [-0.39, 0.29) is 10.8 Å². The lowest BCUT2D eigenvalue weighted by Gasteiger charge is -2.12. The molecule has 0 aliphatic heterocycles. The van der Waals surface area contributed by atoms with E-state index in [1.807, 2.05) is 11.5 Å². The highest BCUT2D eigenvalue weighted by Gasteiger charge is 2.21. The molecule has 1 aromatic heterocycles. The third-order valence-electron chi connectivity index (χ3n) is 3.48. The number of primary sulfonamides is 1. The molecule has 25 heavy (non-hydrogen) atoms. The molecule has 0 spiro atoms. The topological polar surface area (TPSA) is 104 Å². The summed E-state index contributed by atoms with van der Waals surface area (Å²) in [6.45, 7) is 8.88. The fraction of sp³-hybridized carbons (Fsp3) is 0.500. The highest BCUT2D eigenvalue weighted by atomic mass is 32.2. The van der Waals surface area contributed by atoms with Gasteiger partial charge in [-0.3, -0.25) is 4.79 Å². The van der Waals surface area contributed by atoms with Crippen LogP contribution in [0.15, 0.2) is 28.1 Å². The number of sulfonamides is 1. The Labute approximate surface area is 151 Å². The maximum Gasteiger partial charge on any atom is 0.253 e. The van der Waals surface area contributed by atoms with Crippen LogP contribution in [0, 0.1) is 5.41 Å². The molecule has 1 amide bonds. The molecule has 0 aliphatic carbocycles. The van der Waals surface area contributed by atoms with E-state index in [2.05, 4.69) is 4.99 Å². The summed E-state index contributed by atoms with van der Waals surface area (Å²) >= 11 is 1.26. The van der Waals surface area contributed by atoms with Crippen LogP contribution in [0.25, 0.3) is 10.2 Å². The average molecular weight is 386 g/mol. The number of nitrogens with zero attached hydrogens (tertiary/aromatic N) is 2. The quantitative estimate of drug-likeness (QED) is 0.793. The standard InChI is InChI=1S/C16H23N3O4S2/c1-5-23-9-8-19-12-7-6-11(25(17,21)22)10-13(12)24-15(19)18-14(20)16(2,3)4/h6-7,10H,5,8-9H2,1-4H3,(H2,17,21,22). The van der Waals surface area contributed by atoms with Gasteiger partial charge < -0.3 is 9.30 Å². The molecular weight excluding hydrogens is 362 g/mol. The minimum Gasteiger partial charge on any atom is -0.380 e. The molecule has 0 aliphatic rings. The highest BCUT2D eigenvalue weighted by molar-refractivity contribution is 7.89. The molecule has 0 atom stereocenters. The van der Waals surface area contributed by atoms with Crippen molar-refractivity contribution < 1.29 is 17.9 Å². The second kappa shape index (κ2) is 7.36. The van der Waals surface area contributed by atoms with Crippen LogP contribution in [0.2, 0.25) is 0 Å². The zero-order valence-electron chi connectivity index (χ0n) is 14.8. The van der Waals surface area contributed by atoms with Crippen molar-refractivity contribution in [1.29, 1.82) is 0 Å². The molecule has 0 bridgehead atoms. The minimum atomic E-state index is -3.79. The summed E-state index contributed by atoms with van der Waals surface area (Å²) in [5.74, 6) is -0.240. The first-order valence-electron chi connectivity index (χ1n) is 7.87. The lowest BCUT2D eigenvalue weighted by Crippen LogP contribution is -2.24. The third kappa shape index (κ3) is 4.75. The van der Waals surface area contributed by atoms with Crippen LogP contribution in [0.4, 0.5) is 0 Å². The Kier molecular flexibility index (Phi) is 5.82. The van der Waals surface area contributed by atoms with Crippen molar-refractivity contribution >= 4 is 37.5 Å². The second-order valence-corrected chi connectivity index (χ2v) is 9.15. The van der Waals surface area contributed by atoms with Gasteiger partial charge in [-0.1, -0.05) is 32.1 Å². The molecule has 0 saturated carbocycles. The van der Waals surface area contributed by atoms with E-state index >= 15 is 0 Å². The number of nitrogens with two attached hydrogens (primary N) is 1. The highest BCUT2D eigenvalue weighted by Crippen LogP contribution is 2.22. The largest absolute Gasteiger partial charge is 0.380 e. The monoisotopic (exact) mass is 385 g/mol. The van der Waals surface area contributed by atoms with Crippen molar-refractivity contribution in [2.75, 3.05) is 13.2 Å². The van der Waals surface area contributed by atoms with Gasteiger partial charge >= 0.3 is 0 Å². The number of carbonyl (C=O) groups excluding carboxylic acids is 1. The summed E-state index contributed by atoms with van der Waals surface area (Å²) in [6, 6.07) is 4.64. The van der Waals surface area contributed by atoms with Crippen LogP contribution >= 0.6 is 11.3 Å². The van der Waals surface area contributed by atoms with Gasteiger partial charge in [0.25, 0.3) is 5.91 Å². The smallest absolute Gasteiger partial charge is 0.253 e. The first kappa shape index (κ1) is 19.8. The number of hydrogen-bond donors (Lipinski definition) is 1. The Morgan fingerprint density at radius 3 is 2.60 bits per heavy atom. The maximum absolute atomic E-state index is 12.3. The van der Waals surface area contributed by atoms with Crippen LogP contribution in [0.1, 0.15) is 27.7 Å². The molecule has 0 saturated heterocycles. The molecule has 7 nitrogen and oxygen atoms in total. The van der Waals surface area contributed by atoms with Crippen LogP contribution in [-0.4, -0.2) is 32.1 Å². The van der Waals surface area contributed by atoms with Crippen LogP contribution in [0.5, 0.6) is 0 Å². The second-order valence-electron chi connectivity index (χ2n) is 6.57. The van der Waals surface area contributed by atoms with Crippen LogP contribution in [0.3, 0.4) is 0 Å². The first-order valence-corrected chi connectivity index (χ1v) is 10.2. The fourth-order valence-corrected chi connectivity index (χ4v) is 3.79. The van der Waals surface area contributed by atoms with E-state index < -0.39 is 15.4 Å². The van der Waals surface area contributed by atoms with E-state index in [9.17, 15) is 13.2 Å². The maximum atomic E-state index is 12.3. The Hall–Kier alpha value is -1.55. The molecular formula is C16H23N3O4S2. The molecule has 2 N–H and O–H groups in total. The van der Waals surface area contributed by atoms with Gasteiger partial charge in [-0.2, -0.15) is 4.99 Å². The van der Waals surface area contributed by atoms with E-state index in [0.29, 0.717) is 29.3 Å². The Balaban J connectivity index is 2.63. The van der Waals surface area contributed by atoms with Gasteiger partial charge in [-0.05, 0) is 25.1 Å². The van der Waals surface area contributed by atoms with Gasteiger partial charge in [0.2, 0.25) is 10.0 Å². The number of hydrogen-bond acceptors (Lipinski definition) is 5. The number of ether oxygens (including phenoxy) is 1. The minimum absolute atomic E-state index is 0.0342. The molecule has 138 valence electrons. The molecule has 2 aromatic rings. The number of rotatable bonds is 5. The van der Waals surface area contributed by atoms with Gasteiger partial charge in [-0.15, -0.1) is 0 Å². The number of benzene rings is 1. The van der Waals surface area contributed by atoms with Crippen LogP contribution in [-0.2, 0) is 26.1 Å². The molecule has 0 fully saturated rings. The molecule has 0 radical (unpaired) electrons. The van der Waals surface area contributed by atoms with E-state index in [1.54, 1.807) is 26.8 Å². The molecule has 1 aromatic carbocycles. The van der Waals surface area contributed by atoms with E-state index in [4.69, 9.17) is 9.88 Å². The summed E-state index contributed by atoms with van der Waals surface area (Å²) in [4.78, 5) is 17.1. The van der Waals surface area contributed by atoms with Crippen molar-refractivity contribution in [3.63, 3.8) is 0 Å². The Bertz CT molecular complexity index is 950. The Morgan fingerprint density at radius 2 is 2.04 bits per heavy atom. The summed E-state index contributed by atoms with van der Waals surface area (Å²) in [7, 11) is -3.79. The zero-order chi connectivity index (χ0) is 18.8. The van der Waals surface area contributed by atoms with Crippen molar-refractivity contribution in [2.24, 2.45) is 15.5 Å². The average Bonchev–Trinajstić information content (AvgIpc) is 2.82. The van der Waals surface area contributed by atoms with Crippen molar-refractivity contribution in [3.05, 3.63) is 23.0 Å². The van der Waals surface area contributed by atoms with Crippen molar-refractivity contribution in [2.45, 2.75) is 39.1 Å². The first-order chi connectivity index (χ1) is 11.5. The SMILES string of the molecule is CCOCCn1c(=NC(=O)C(C)(C)C)sc2cc(S(N)(=O)=O)ccc21. The van der Waals surface area contributed by atoms with E-state index in [1.165, 1.54) is 23.5 Å². The molecule has 9 heteroatoms. The number of aromatic nitrogens is 1. The number of thiazole rings is 1. The fourth-order valence-electron chi connectivity index (χ4n) is 2.09. The predicted octanol–water partition coefficient (Wildman–Crippen LogP) is 1.86. The van der Waals surface area contributed by atoms with E-state index in [0.717, 1.165) is 5.52 Å². The number of carbonyl (C=O) groups is 1. The lowest BCUT2D eigenvalue weighted by molar-refractivity contribution is -0.125. The van der Waals surface area contributed by atoms with Gasteiger partial charge in [0.05, 0.1) is 21.7 Å². The zero-order valence-corrected chi connectivity index (χ0v) is 16.4. The van der Waals surface area contributed by atoms with Gasteiger partial charge in [0.1, 0.15) is 0 Å². The summed E-state index contributed by atoms with van der Waals surface area (Å²) in [5, 5.41) is 5.20.